The van der Waals surface area contributed by atoms with Gasteiger partial charge in [-0.2, -0.15) is 5.10 Å². The highest BCUT2D eigenvalue weighted by molar-refractivity contribution is 6.16. The average Bonchev–Trinajstić information content (AvgIpc) is 3.66. The van der Waals surface area contributed by atoms with Crippen molar-refractivity contribution in [3.63, 3.8) is 0 Å². The van der Waals surface area contributed by atoms with Crippen molar-refractivity contribution in [1.82, 2.24) is 20.2 Å². The lowest BCUT2D eigenvalue weighted by molar-refractivity contribution is -0.131. The maximum absolute atomic E-state index is 13.1. The topological polar surface area (TPSA) is 122 Å². The Kier molecular flexibility index (Phi) is 5.99. The maximum atomic E-state index is 13.1. The Bertz CT molecular complexity index is 1700. The third kappa shape index (κ3) is 4.79. The molecule has 0 radical (unpaired) electrons. The molecule has 2 aromatic heterocycles. The van der Waals surface area contributed by atoms with E-state index in [-0.39, 0.29) is 5.91 Å². The summed E-state index contributed by atoms with van der Waals surface area (Å²) in [5, 5.41) is 13.3. The van der Waals surface area contributed by atoms with E-state index in [1.54, 1.807) is 30.5 Å². The molecule has 9 nitrogen and oxygen atoms in total. The van der Waals surface area contributed by atoms with Gasteiger partial charge in [0.15, 0.2) is 0 Å². The standard InChI is InChI=1S/C29H23FN6O3/c1-17-24(15-33-36-17)18-2-11-25-23(14-18)26(32-16-31-25)39-22-9-7-21(8-10-22)35-28(38)29(12-13-29)27(37)34-20-5-3-19(30)4-6-20/h2-11,14-16H,12-13H2,1H3,(H,33,36)(H,34,37)(H,35,38). The van der Waals surface area contributed by atoms with Crippen LogP contribution < -0.4 is 15.4 Å². The molecule has 0 atom stereocenters. The van der Waals surface area contributed by atoms with Crippen LogP contribution in [0.1, 0.15) is 18.5 Å². The second-order valence-electron chi connectivity index (χ2n) is 9.44. The Labute approximate surface area is 222 Å². The second kappa shape index (κ2) is 9.64. The molecule has 39 heavy (non-hydrogen) atoms. The molecule has 1 aliphatic carbocycles. The number of carbonyl (C=O) groups excluding carboxylic acids is 2. The van der Waals surface area contributed by atoms with E-state index in [1.807, 2.05) is 25.1 Å². The largest absolute Gasteiger partial charge is 0.438 e. The molecule has 1 aliphatic rings. The summed E-state index contributed by atoms with van der Waals surface area (Å²) in [6.07, 6.45) is 4.09. The van der Waals surface area contributed by atoms with Gasteiger partial charge in [-0.05, 0) is 86.0 Å². The number of aryl methyl sites for hydroxylation is 1. The fourth-order valence-electron chi connectivity index (χ4n) is 4.36. The SMILES string of the molecule is Cc1[nH]ncc1-c1ccc2ncnc(Oc3ccc(NC(=O)C4(C(=O)Nc5ccc(F)cc5)CC4)cc3)c2c1. The van der Waals surface area contributed by atoms with Crippen LogP contribution in [-0.4, -0.2) is 32.0 Å². The molecule has 194 valence electrons. The van der Waals surface area contributed by atoms with Gasteiger partial charge < -0.3 is 15.4 Å². The number of fused-ring (bicyclic) bond motifs is 1. The Morgan fingerprint density at radius 1 is 0.923 bits per heavy atom. The van der Waals surface area contributed by atoms with E-state index in [9.17, 15) is 14.0 Å². The number of hydrogen-bond acceptors (Lipinski definition) is 6. The molecule has 3 aromatic carbocycles. The number of hydrogen-bond donors (Lipinski definition) is 3. The molecule has 0 saturated heterocycles. The fourth-order valence-corrected chi connectivity index (χ4v) is 4.36. The van der Waals surface area contributed by atoms with E-state index in [2.05, 4.69) is 30.8 Å². The second-order valence-corrected chi connectivity index (χ2v) is 9.44. The molecule has 2 amide bonds. The molecule has 6 rings (SSSR count). The van der Waals surface area contributed by atoms with Gasteiger partial charge in [0.2, 0.25) is 17.7 Å². The highest BCUT2D eigenvalue weighted by Crippen LogP contribution is 2.47. The van der Waals surface area contributed by atoms with Gasteiger partial charge in [-0.25, -0.2) is 14.4 Å². The van der Waals surface area contributed by atoms with Gasteiger partial charge in [0.25, 0.3) is 0 Å². The van der Waals surface area contributed by atoms with Crippen molar-refractivity contribution in [2.24, 2.45) is 5.41 Å². The van der Waals surface area contributed by atoms with Crippen LogP contribution in [0.15, 0.2) is 79.3 Å². The highest BCUT2D eigenvalue weighted by atomic mass is 19.1. The van der Waals surface area contributed by atoms with Gasteiger partial charge in [-0.1, -0.05) is 6.07 Å². The first-order valence-electron chi connectivity index (χ1n) is 12.3. The number of ether oxygens (including phenoxy) is 1. The van der Waals surface area contributed by atoms with E-state index in [0.717, 1.165) is 27.7 Å². The third-order valence-corrected chi connectivity index (χ3v) is 6.79. The van der Waals surface area contributed by atoms with Crippen LogP contribution in [-0.2, 0) is 9.59 Å². The van der Waals surface area contributed by atoms with Gasteiger partial charge in [-0.15, -0.1) is 0 Å². The highest BCUT2D eigenvalue weighted by Gasteiger charge is 2.56. The summed E-state index contributed by atoms with van der Waals surface area (Å²) >= 11 is 0. The summed E-state index contributed by atoms with van der Waals surface area (Å²) in [6.45, 7) is 1.95. The van der Waals surface area contributed by atoms with Crippen LogP contribution in [0.3, 0.4) is 0 Å². The molecular formula is C29H23FN6O3. The number of anilines is 2. The maximum Gasteiger partial charge on any atom is 0.240 e. The van der Waals surface area contributed by atoms with Gasteiger partial charge in [0, 0.05) is 22.6 Å². The Balaban J connectivity index is 1.15. The molecule has 1 saturated carbocycles. The summed E-state index contributed by atoms with van der Waals surface area (Å²) in [6, 6.07) is 18.1. The number of rotatable bonds is 7. The van der Waals surface area contributed by atoms with Crippen molar-refractivity contribution in [2.45, 2.75) is 19.8 Å². The normalized spacial score (nSPS) is 13.6. The quantitative estimate of drug-likeness (QED) is 0.239. The number of aromatic amines is 1. The predicted molar refractivity (Wildman–Crippen MR) is 144 cm³/mol. The summed E-state index contributed by atoms with van der Waals surface area (Å²) < 4.78 is 19.2. The molecule has 0 spiro atoms. The molecule has 1 fully saturated rings. The number of carbonyl (C=O) groups is 2. The van der Waals surface area contributed by atoms with E-state index in [4.69, 9.17) is 4.74 Å². The molecule has 0 aliphatic heterocycles. The van der Waals surface area contributed by atoms with Crippen LogP contribution in [0.25, 0.3) is 22.0 Å². The zero-order chi connectivity index (χ0) is 27.0. The van der Waals surface area contributed by atoms with Crippen molar-refractivity contribution in [3.8, 4) is 22.8 Å². The predicted octanol–water partition coefficient (Wildman–Crippen LogP) is 5.62. The minimum atomic E-state index is -1.14. The lowest BCUT2D eigenvalue weighted by Gasteiger charge is -2.16. The first-order chi connectivity index (χ1) is 18.9. The molecule has 0 unspecified atom stereocenters. The number of halogens is 1. The Hall–Kier alpha value is -5.12. The van der Waals surface area contributed by atoms with Crippen molar-refractivity contribution in [2.75, 3.05) is 10.6 Å². The fraction of sp³-hybridized carbons (Fsp3) is 0.138. The third-order valence-electron chi connectivity index (χ3n) is 6.79. The zero-order valence-corrected chi connectivity index (χ0v) is 20.9. The first-order valence-corrected chi connectivity index (χ1v) is 12.3. The summed E-state index contributed by atoms with van der Waals surface area (Å²) in [5.74, 6) is -0.282. The summed E-state index contributed by atoms with van der Waals surface area (Å²) in [5.41, 5.74) is 3.45. The van der Waals surface area contributed by atoms with Crippen LogP contribution in [0.5, 0.6) is 11.6 Å². The number of aromatic nitrogens is 4. The van der Waals surface area contributed by atoms with E-state index in [0.29, 0.717) is 35.8 Å². The Morgan fingerprint density at radius 2 is 1.59 bits per heavy atom. The minimum absolute atomic E-state index is 0.389. The molecular weight excluding hydrogens is 499 g/mol. The van der Waals surface area contributed by atoms with Crippen molar-refractivity contribution >= 4 is 34.1 Å². The average molecular weight is 523 g/mol. The number of nitrogens with one attached hydrogen (secondary N) is 3. The summed E-state index contributed by atoms with van der Waals surface area (Å²) in [4.78, 5) is 34.4. The van der Waals surface area contributed by atoms with Crippen LogP contribution in [0, 0.1) is 18.2 Å². The molecule has 2 heterocycles. The lowest BCUT2D eigenvalue weighted by Crippen LogP contribution is -2.35. The van der Waals surface area contributed by atoms with E-state index >= 15 is 0 Å². The van der Waals surface area contributed by atoms with Crippen LogP contribution >= 0.6 is 0 Å². The number of H-pyrrole nitrogens is 1. The number of amides is 2. The van der Waals surface area contributed by atoms with Crippen LogP contribution in [0.4, 0.5) is 15.8 Å². The van der Waals surface area contributed by atoms with Gasteiger partial charge in [0.05, 0.1) is 17.1 Å². The van der Waals surface area contributed by atoms with Gasteiger partial charge in [0.1, 0.15) is 23.3 Å². The summed E-state index contributed by atoms with van der Waals surface area (Å²) in [7, 11) is 0. The van der Waals surface area contributed by atoms with E-state index in [1.165, 1.54) is 30.6 Å². The molecule has 3 N–H and O–H groups in total. The lowest BCUT2D eigenvalue weighted by atomic mass is 10.0. The Morgan fingerprint density at radius 3 is 2.21 bits per heavy atom. The van der Waals surface area contributed by atoms with Crippen molar-refractivity contribution < 1.29 is 18.7 Å². The van der Waals surface area contributed by atoms with Gasteiger partial charge in [-0.3, -0.25) is 14.7 Å². The zero-order valence-electron chi connectivity index (χ0n) is 20.9. The number of nitrogens with zero attached hydrogens (tertiary/aromatic N) is 3. The first kappa shape index (κ1) is 24.2. The number of benzene rings is 3. The molecule has 10 heteroatoms. The monoisotopic (exact) mass is 522 g/mol. The van der Waals surface area contributed by atoms with Gasteiger partial charge >= 0.3 is 0 Å². The molecule has 0 bridgehead atoms. The smallest absolute Gasteiger partial charge is 0.240 e. The van der Waals surface area contributed by atoms with Crippen molar-refractivity contribution in [1.29, 1.82) is 0 Å². The minimum Gasteiger partial charge on any atom is -0.438 e. The van der Waals surface area contributed by atoms with Crippen LogP contribution in [0.2, 0.25) is 0 Å². The van der Waals surface area contributed by atoms with Crippen molar-refractivity contribution in [3.05, 3.63) is 90.8 Å². The molecule has 5 aromatic rings. The van der Waals surface area contributed by atoms with E-state index < -0.39 is 17.1 Å².